The van der Waals surface area contributed by atoms with Crippen molar-refractivity contribution in [1.82, 2.24) is 0 Å². The van der Waals surface area contributed by atoms with E-state index in [0.717, 1.165) is 10.9 Å². The molecule has 0 bridgehead atoms. The number of hydrogen-bond donors (Lipinski definition) is 1. The second-order valence-electron chi connectivity index (χ2n) is 3.49. The van der Waals surface area contributed by atoms with Gasteiger partial charge in [-0.05, 0) is 25.1 Å². The molecular weight excluding hydrogens is 230 g/mol. The number of aliphatic hydroxyl groups excluding tert-OH is 1. The minimum atomic E-state index is -1.10. The number of aryl methyl sites for hydroxylation is 1. The van der Waals surface area contributed by atoms with Crippen LogP contribution in [0.2, 0.25) is 0 Å². The number of thiophene rings is 1. The third kappa shape index (κ3) is 1.99. The first-order valence-corrected chi connectivity index (χ1v) is 5.59. The van der Waals surface area contributed by atoms with Crippen LogP contribution in [0, 0.1) is 18.6 Å². The van der Waals surface area contributed by atoms with Gasteiger partial charge in [0.15, 0.2) is 11.6 Å². The van der Waals surface area contributed by atoms with E-state index in [1.807, 2.05) is 13.0 Å². The van der Waals surface area contributed by atoms with Crippen molar-refractivity contribution in [2.24, 2.45) is 0 Å². The van der Waals surface area contributed by atoms with Crippen LogP contribution in [0.25, 0.3) is 0 Å². The van der Waals surface area contributed by atoms with Crippen LogP contribution in [-0.2, 0) is 0 Å². The zero-order valence-corrected chi connectivity index (χ0v) is 9.39. The lowest BCUT2D eigenvalue weighted by atomic mass is 10.1. The predicted molar refractivity (Wildman–Crippen MR) is 59.5 cm³/mol. The van der Waals surface area contributed by atoms with Gasteiger partial charge in [-0.25, -0.2) is 8.78 Å². The maximum atomic E-state index is 13.4. The lowest BCUT2D eigenvalue weighted by Gasteiger charge is -2.10. The van der Waals surface area contributed by atoms with Crippen LogP contribution in [0.4, 0.5) is 8.78 Å². The molecule has 0 aliphatic carbocycles. The summed E-state index contributed by atoms with van der Waals surface area (Å²) in [4.78, 5) is 1.63. The molecule has 0 saturated carbocycles. The fourth-order valence-electron chi connectivity index (χ4n) is 1.49. The predicted octanol–water partition coefficient (Wildman–Crippen LogP) is 3.42. The van der Waals surface area contributed by atoms with Crippen molar-refractivity contribution >= 4 is 11.3 Å². The zero-order valence-electron chi connectivity index (χ0n) is 8.58. The fraction of sp³-hybridized carbons (Fsp3) is 0.167. The number of halogens is 2. The highest BCUT2D eigenvalue weighted by molar-refractivity contribution is 7.12. The number of aliphatic hydroxyl groups is 1. The summed E-state index contributed by atoms with van der Waals surface area (Å²) in [6.07, 6.45) is -1.10. The average molecular weight is 240 g/mol. The molecule has 0 fully saturated rings. The Hall–Kier alpha value is -1.26. The summed E-state index contributed by atoms with van der Waals surface area (Å²) in [5, 5.41) is 9.91. The summed E-state index contributed by atoms with van der Waals surface area (Å²) in [6.45, 7) is 1.89. The first-order chi connectivity index (χ1) is 7.59. The van der Waals surface area contributed by atoms with E-state index in [1.165, 1.54) is 23.5 Å². The SMILES string of the molecule is Cc1ccc(C(O)c2cccc(F)c2F)s1. The molecule has 1 N–H and O–H groups in total. The molecule has 0 aliphatic heterocycles. The van der Waals surface area contributed by atoms with Crippen LogP contribution in [0.1, 0.15) is 21.4 Å². The Bertz CT molecular complexity index is 507. The first kappa shape index (κ1) is 11.2. The molecule has 0 saturated heterocycles. The summed E-state index contributed by atoms with van der Waals surface area (Å²) in [5.41, 5.74) is -0.0261. The van der Waals surface area contributed by atoms with Crippen molar-refractivity contribution < 1.29 is 13.9 Å². The highest BCUT2D eigenvalue weighted by Crippen LogP contribution is 2.30. The molecule has 0 spiro atoms. The number of rotatable bonds is 2. The average Bonchev–Trinajstić information content (AvgIpc) is 2.68. The van der Waals surface area contributed by atoms with Gasteiger partial charge in [0, 0.05) is 15.3 Å². The molecule has 1 unspecified atom stereocenters. The molecule has 84 valence electrons. The highest BCUT2D eigenvalue weighted by Gasteiger charge is 2.18. The van der Waals surface area contributed by atoms with Gasteiger partial charge < -0.3 is 5.11 Å². The maximum absolute atomic E-state index is 13.4. The summed E-state index contributed by atoms with van der Waals surface area (Å²) >= 11 is 1.37. The Morgan fingerprint density at radius 3 is 2.56 bits per heavy atom. The Morgan fingerprint density at radius 1 is 1.19 bits per heavy atom. The topological polar surface area (TPSA) is 20.2 Å². The molecule has 1 nitrogen and oxygen atoms in total. The van der Waals surface area contributed by atoms with E-state index < -0.39 is 17.7 Å². The van der Waals surface area contributed by atoms with E-state index in [1.54, 1.807) is 6.07 Å². The monoisotopic (exact) mass is 240 g/mol. The molecule has 0 radical (unpaired) electrons. The quantitative estimate of drug-likeness (QED) is 0.852. The van der Waals surface area contributed by atoms with Gasteiger partial charge >= 0.3 is 0 Å². The number of benzene rings is 1. The summed E-state index contributed by atoms with van der Waals surface area (Å²) < 4.78 is 26.4. The molecule has 1 heterocycles. The van der Waals surface area contributed by atoms with Crippen molar-refractivity contribution in [2.75, 3.05) is 0 Å². The fourth-order valence-corrected chi connectivity index (χ4v) is 2.37. The second kappa shape index (κ2) is 4.31. The van der Waals surface area contributed by atoms with E-state index in [2.05, 4.69) is 0 Å². The molecule has 16 heavy (non-hydrogen) atoms. The lowest BCUT2D eigenvalue weighted by molar-refractivity contribution is 0.217. The first-order valence-electron chi connectivity index (χ1n) is 4.78. The van der Waals surface area contributed by atoms with Gasteiger partial charge in [-0.15, -0.1) is 11.3 Å². The standard InChI is InChI=1S/C12H10F2OS/c1-7-5-6-10(16-7)12(15)8-3-2-4-9(13)11(8)14/h2-6,12,15H,1H3. The van der Waals surface area contributed by atoms with E-state index in [0.29, 0.717) is 4.88 Å². The Kier molecular flexibility index (Phi) is 3.03. The number of hydrogen-bond acceptors (Lipinski definition) is 2. The molecule has 2 aromatic rings. The summed E-state index contributed by atoms with van der Waals surface area (Å²) in [6, 6.07) is 7.36. The summed E-state index contributed by atoms with van der Waals surface area (Å²) in [7, 11) is 0. The molecule has 2 rings (SSSR count). The van der Waals surface area contributed by atoms with Crippen LogP contribution in [-0.4, -0.2) is 5.11 Å². The zero-order chi connectivity index (χ0) is 11.7. The lowest BCUT2D eigenvalue weighted by Crippen LogP contribution is -2.02. The van der Waals surface area contributed by atoms with Crippen LogP contribution in [0.5, 0.6) is 0 Å². The Morgan fingerprint density at radius 2 is 1.94 bits per heavy atom. The maximum Gasteiger partial charge on any atom is 0.164 e. The smallest absolute Gasteiger partial charge is 0.164 e. The van der Waals surface area contributed by atoms with Gasteiger partial charge in [0.2, 0.25) is 0 Å². The Balaban J connectivity index is 2.41. The van der Waals surface area contributed by atoms with Gasteiger partial charge in [0.25, 0.3) is 0 Å². The minimum Gasteiger partial charge on any atom is -0.383 e. The van der Waals surface area contributed by atoms with Crippen molar-refractivity contribution in [3.63, 3.8) is 0 Å². The van der Waals surface area contributed by atoms with Crippen molar-refractivity contribution in [3.05, 3.63) is 57.3 Å². The van der Waals surface area contributed by atoms with Crippen LogP contribution in [0.15, 0.2) is 30.3 Å². The van der Waals surface area contributed by atoms with Crippen LogP contribution in [0.3, 0.4) is 0 Å². The highest BCUT2D eigenvalue weighted by atomic mass is 32.1. The van der Waals surface area contributed by atoms with Gasteiger partial charge in [0.05, 0.1) is 0 Å². The molecule has 4 heteroatoms. The van der Waals surface area contributed by atoms with Gasteiger partial charge in [-0.3, -0.25) is 0 Å². The molecule has 0 aliphatic rings. The van der Waals surface area contributed by atoms with Crippen molar-refractivity contribution in [2.45, 2.75) is 13.0 Å². The molecule has 0 amide bonds. The van der Waals surface area contributed by atoms with E-state index in [9.17, 15) is 13.9 Å². The van der Waals surface area contributed by atoms with Crippen molar-refractivity contribution in [3.8, 4) is 0 Å². The van der Waals surface area contributed by atoms with E-state index in [-0.39, 0.29) is 5.56 Å². The van der Waals surface area contributed by atoms with Crippen molar-refractivity contribution in [1.29, 1.82) is 0 Å². The summed E-state index contributed by atoms with van der Waals surface area (Å²) in [5.74, 6) is -1.93. The van der Waals surface area contributed by atoms with Gasteiger partial charge in [-0.1, -0.05) is 12.1 Å². The second-order valence-corrected chi connectivity index (χ2v) is 4.81. The molecule has 1 aromatic heterocycles. The largest absolute Gasteiger partial charge is 0.383 e. The van der Waals surface area contributed by atoms with Gasteiger partial charge in [0.1, 0.15) is 6.10 Å². The molecule has 1 atom stereocenters. The minimum absolute atomic E-state index is 0.0261. The Labute approximate surface area is 96.0 Å². The van der Waals surface area contributed by atoms with Gasteiger partial charge in [-0.2, -0.15) is 0 Å². The van der Waals surface area contributed by atoms with Crippen LogP contribution >= 0.6 is 11.3 Å². The molecule has 1 aromatic carbocycles. The van der Waals surface area contributed by atoms with E-state index in [4.69, 9.17) is 0 Å². The van der Waals surface area contributed by atoms with E-state index >= 15 is 0 Å². The van der Waals surface area contributed by atoms with Crippen LogP contribution < -0.4 is 0 Å². The normalized spacial score (nSPS) is 12.8. The third-order valence-corrected chi connectivity index (χ3v) is 3.36. The molecular formula is C12H10F2OS. The third-order valence-electron chi connectivity index (χ3n) is 2.31.